The summed E-state index contributed by atoms with van der Waals surface area (Å²) in [5.41, 5.74) is 2.59. The summed E-state index contributed by atoms with van der Waals surface area (Å²) in [6, 6.07) is 13.3. The molecule has 0 saturated carbocycles. The summed E-state index contributed by atoms with van der Waals surface area (Å²) in [4.78, 5) is 25.8. The van der Waals surface area contributed by atoms with Crippen LogP contribution in [-0.2, 0) is 4.79 Å². The molecule has 3 aromatic rings. The second kappa shape index (κ2) is 8.82. The van der Waals surface area contributed by atoms with Crippen molar-refractivity contribution < 1.29 is 14.3 Å². The van der Waals surface area contributed by atoms with E-state index in [4.69, 9.17) is 14.5 Å². The summed E-state index contributed by atoms with van der Waals surface area (Å²) in [7, 11) is 3.21. The van der Waals surface area contributed by atoms with E-state index >= 15 is 0 Å². The predicted molar refractivity (Wildman–Crippen MR) is 117 cm³/mol. The van der Waals surface area contributed by atoms with Crippen molar-refractivity contribution in [1.29, 1.82) is 0 Å². The van der Waals surface area contributed by atoms with E-state index in [-0.39, 0.29) is 5.91 Å². The number of aromatic nitrogens is 2. The monoisotopic (exact) mass is 404 g/mol. The van der Waals surface area contributed by atoms with Crippen LogP contribution in [0.15, 0.2) is 54.7 Å². The van der Waals surface area contributed by atoms with Gasteiger partial charge in [-0.2, -0.15) is 0 Å². The van der Waals surface area contributed by atoms with E-state index in [1.54, 1.807) is 38.6 Å². The van der Waals surface area contributed by atoms with Crippen molar-refractivity contribution in [3.8, 4) is 11.5 Å². The Kier molecular flexibility index (Phi) is 5.79. The third kappa shape index (κ3) is 4.20. The van der Waals surface area contributed by atoms with Crippen molar-refractivity contribution in [2.75, 3.05) is 45.3 Å². The van der Waals surface area contributed by atoms with Crippen LogP contribution in [-0.4, -0.2) is 61.2 Å². The number of nitrogens with zero attached hydrogens (tertiary/aromatic N) is 4. The van der Waals surface area contributed by atoms with E-state index in [9.17, 15) is 4.79 Å². The van der Waals surface area contributed by atoms with Gasteiger partial charge in [-0.25, -0.2) is 4.98 Å². The number of hydrogen-bond donors (Lipinski definition) is 0. The fourth-order valence-corrected chi connectivity index (χ4v) is 3.48. The summed E-state index contributed by atoms with van der Waals surface area (Å²) in [5, 5.41) is 0. The molecule has 2 aromatic carbocycles. The molecule has 0 N–H and O–H groups in total. The van der Waals surface area contributed by atoms with E-state index in [2.05, 4.69) is 9.88 Å². The van der Waals surface area contributed by atoms with Crippen LogP contribution >= 0.6 is 0 Å². The van der Waals surface area contributed by atoms with Gasteiger partial charge in [-0.3, -0.25) is 9.78 Å². The predicted octanol–water partition coefficient (Wildman–Crippen LogP) is 3.01. The number of carbonyl (C=O) groups excluding carboxylic acids is 1. The molecule has 1 amide bonds. The SMILES string of the molecule is COc1ccc(/C=C/C(=O)N2CCN(c3cnc4ccccc4n3)CC2)c(OC)c1. The van der Waals surface area contributed by atoms with Gasteiger partial charge in [-0.05, 0) is 30.3 Å². The standard InChI is InChI=1S/C23H24N4O3/c1-29-18-9-7-17(21(15-18)30-2)8-10-23(28)27-13-11-26(12-14-27)22-16-24-19-5-3-4-6-20(19)25-22/h3-10,15-16H,11-14H2,1-2H3/b10-8+. The van der Waals surface area contributed by atoms with E-state index in [1.165, 1.54) is 0 Å². The first-order valence-electron chi connectivity index (χ1n) is 9.83. The van der Waals surface area contributed by atoms with E-state index < -0.39 is 0 Å². The average molecular weight is 404 g/mol. The van der Waals surface area contributed by atoms with Crippen molar-refractivity contribution in [2.24, 2.45) is 0 Å². The number of rotatable bonds is 5. The molecular formula is C23H24N4O3. The molecule has 1 saturated heterocycles. The number of carbonyl (C=O) groups is 1. The zero-order valence-corrected chi connectivity index (χ0v) is 17.1. The molecule has 1 aliphatic heterocycles. The number of para-hydroxylation sites is 2. The Bertz CT molecular complexity index is 1070. The molecular weight excluding hydrogens is 380 g/mol. The Hall–Kier alpha value is -3.61. The third-order valence-electron chi connectivity index (χ3n) is 5.20. The van der Waals surface area contributed by atoms with Gasteiger partial charge in [0.05, 0.1) is 31.4 Å². The summed E-state index contributed by atoms with van der Waals surface area (Å²) < 4.78 is 10.6. The zero-order valence-electron chi connectivity index (χ0n) is 17.1. The number of benzene rings is 2. The van der Waals surface area contributed by atoms with Crippen molar-refractivity contribution >= 4 is 28.8 Å². The lowest BCUT2D eigenvalue weighted by atomic mass is 10.1. The summed E-state index contributed by atoms with van der Waals surface area (Å²) >= 11 is 0. The molecule has 0 unspecified atom stereocenters. The number of hydrogen-bond acceptors (Lipinski definition) is 6. The second-order valence-corrected chi connectivity index (χ2v) is 6.97. The molecule has 1 fully saturated rings. The number of fused-ring (bicyclic) bond motifs is 1. The number of amides is 1. The lowest BCUT2D eigenvalue weighted by Gasteiger charge is -2.34. The lowest BCUT2D eigenvalue weighted by Crippen LogP contribution is -2.48. The second-order valence-electron chi connectivity index (χ2n) is 6.97. The smallest absolute Gasteiger partial charge is 0.246 e. The van der Waals surface area contributed by atoms with Gasteiger partial charge in [0.2, 0.25) is 5.91 Å². The molecule has 30 heavy (non-hydrogen) atoms. The molecule has 2 heterocycles. The number of anilines is 1. The Morgan fingerprint density at radius 1 is 1.00 bits per heavy atom. The molecule has 7 nitrogen and oxygen atoms in total. The molecule has 154 valence electrons. The lowest BCUT2D eigenvalue weighted by molar-refractivity contribution is -0.126. The van der Waals surface area contributed by atoms with Crippen LogP contribution in [0.2, 0.25) is 0 Å². The maximum absolute atomic E-state index is 12.6. The first kappa shape index (κ1) is 19.7. The Balaban J connectivity index is 1.38. The molecule has 4 rings (SSSR count). The Morgan fingerprint density at radius 3 is 2.50 bits per heavy atom. The highest BCUT2D eigenvalue weighted by Crippen LogP contribution is 2.25. The number of piperazine rings is 1. The van der Waals surface area contributed by atoms with Crippen LogP contribution in [0.5, 0.6) is 11.5 Å². The minimum Gasteiger partial charge on any atom is -0.497 e. The molecule has 1 aromatic heterocycles. The highest BCUT2D eigenvalue weighted by molar-refractivity contribution is 5.92. The number of methoxy groups -OCH3 is 2. The zero-order chi connectivity index (χ0) is 20.9. The van der Waals surface area contributed by atoms with Crippen LogP contribution in [0.3, 0.4) is 0 Å². The van der Waals surface area contributed by atoms with Crippen molar-refractivity contribution in [2.45, 2.75) is 0 Å². The largest absolute Gasteiger partial charge is 0.497 e. The molecule has 0 spiro atoms. The fourth-order valence-electron chi connectivity index (χ4n) is 3.48. The highest BCUT2D eigenvalue weighted by atomic mass is 16.5. The van der Waals surface area contributed by atoms with Crippen LogP contribution in [0.1, 0.15) is 5.56 Å². The molecule has 0 atom stereocenters. The van der Waals surface area contributed by atoms with Crippen molar-refractivity contribution in [3.63, 3.8) is 0 Å². The highest BCUT2D eigenvalue weighted by Gasteiger charge is 2.21. The molecule has 7 heteroatoms. The number of ether oxygens (including phenoxy) is 2. The van der Waals surface area contributed by atoms with Gasteiger partial charge < -0.3 is 19.3 Å². The minimum atomic E-state index is -0.0166. The first-order chi connectivity index (χ1) is 14.7. The first-order valence-corrected chi connectivity index (χ1v) is 9.83. The van der Waals surface area contributed by atoms with Gasteiger partial charge in [0, 0.05) is 43.9 Å². The van der Waals surface area contributed by atoms with Crippen LogP contribution < -0.4 is 14.4 Å². The van der Waals surface area contributed by atoms with Gasteiger partial charge >= 0.3 is 0 Å². The maximum atomic E-state index is 12.6. The van der Waals surface area contributed by atoms with Crippen LogP contribution in [0.25, 0.3) is 17.1 Å². The molecule has 0 aliphatic carbocycles. The molecule has 0 radical (unpaired) electrons. The van der Waals surface area contributed by atoms with Gasteiger partial charge in [-0.1, -0.05) is 12.1 Å². The van der Waals surface area contributed by atoms with Gasteiger partial charge in [0.1, 0.15) is 17.3 Å². The Morgan fingerprint density at radius 2 is 1.77 bits per heavy atom. The van der Waals surface area contributed by atoms with E-state index in [0.717, 1.165) is 35.5 Å². The molecule has 0 bridgehead atoms. The fraction of sp³-hybridized carbons (Fsp3) is 0.261. The van der Waals surface area contributed by atoms with Crippen LogP contribution in [0.4, 0.5) is 5.82 Å². The van der Waals surface area contributed by atoms with E-state index in [1.807, 2.05) is 41.3 Å². The van der Waals surface area contributed by atoms with Gasteiger partial charge in [0.15, 0.2) is 0 Å². The summed E-state index contributed by atoms with van der Waals surface area (Å²) in [5.74, 6) is 2.21. The van der Waals surface area contributed by atoms with Gasteiger partial charge in [0.25, 0.3) is 0 Å². The quantitative estimate of drug-likeness (QED) is 0.609. The summed E-state index contributed by atoms with van der Waals surface area (Å²) in [6.07, 6.45) is 5.17. The van der Waals surface area contributed by atoms with E-state index in [0.29, 0.717) is 24.6 Å². The van der Waals surface area contributed by atoms with Crippen LogP contribution in [0, 0.1) is 0 Å². The normalized spacial score (nSPS) is 14.3. The Labute approximate surface area is 175 Å². The topological polar surface area (TPSA) is 67.8 Å². The summed E-state index contributed by atoms with van der Waals surface area (Å²) in [6.45, 7) is 2.71. The molecule has 1 aliphatic rings. The van der Waals surface area contributed by atoms with Gasteiger partial charge in [-0.15, -0.1) is 0 Å². The van der Waals surface area contributed by atoms with Crippen molar-refractivity contribution in [1.82, 2.24) is 14.9 Å². The minimum absolute atomic E-state index is 0.0166. The van der Waals surface area contributed by atoms with Crippen molar-refractivity contribution in [3.05, 3.63) is 60.3 Å². The maximum Gasteiger partial charge on any atom is 0.246 e. The third-order valence-corrected chi connectivity index (χ3v) is 5.20. The average Bonchev–Trinajstić information content (AvgIpc) is 2.82.